The van der Waals surface area contributed by atoms with Crippen molar-refractivity contribution >= 4 is 33.4 Å². The highest BCUT2D eigenvalue weighted by atomic mass is 32.2. The van der Waals surface area contributed by atoms with Crippen molar-refractivity contribution in [1.82, 2.24) is 24.5 Å². The summed E-state index contributed by atoms with van der Waals surface area (Å²) in [6, 6.07) is 2.47. The zero-order valence-electron chi connectivity index (χ0n) is 20.3. The fourth-order valence-corrected chi connectivity index (χ4v) is 5.70. The number of fused-ring (bicyclic) bond motifs is 2. The Bertz CT molecular complexity index is 1480. The number of amides is 2. The molecule has 0 radical (unpaired) electrons. The molecule has 0 saturated heterocycles. The minimum atomic E-state index is -4.33. The van der Waals surface area contributed by atoms with Crippen LogP contribution >= 0.6 is 0 Å². The molecule has 2 heterocycles. The SMILES string of the molecule is Cc1cnc(C(=O)CCC(=O)n2ccc(S(=O)(=O)NC(=O)Nc3c4c(cc5c3CCC5)CCC4)n2)cn1. The quantitative estimate of drug-likeness (QED) is 0.449. The van der Waals surface area contributed by atoms with Crippen LogP contribution in [0.1, 0.15) is 68.9 Å². The maximum Gasteiger partial charge on any atom is 0.333 e. The maximum absolute atomic E-state index is 12.8. The number of aryl methyl sites for hydroxylation is 3. The molecular formula is C25H26N6O5S. The van der Waals surface area contributed by atoms with E-state index in [1.165, 1.54) is 29.7 Å². The van der Waals surface area contributed by atoms with Crippen LogP contribution < -0.4 is 10.0 Å². The number of urea groups is 1. The first-order valence-corrected chi connectivity index (χ1v) is 13.6. The molecule has 2 N–H and O–H groups in total. The van der Waals surface area contributed by atoms with Gasteiger partial charge >= 0.3 is 6.03 Å². The van der Waals surface area contributed by atoms with Crippen LogP contribution in [0.2, 0.25) is 0 Å². The van der Waals surface area contributed by atoms with Gasteiger partial charge in [0.05, 0.1) is 11.9 Å². The number of rotatable bonds is 7. The Labute approximate surface area is 213 Å². The van der Waals surface area contributed by atoms with Crippen molar-refractivity contribution in [3.8, 4) is 0 Å². The van der Waals surface area contributed by atoms with Gasteiger partial charge in [-0.15, -0.1) is 0 Å². The monoisotopic (exact) mass is 522 g/mol. The Morgan fingerprint density at radius 3 is 2.32 bits per heavy atom. The largest absolute Gasteiger partial charge is 0.333 e. The molecule has 37 heavy (non-hydrogen) atoms. The lowest BCUT2D eigenvalue weighted by Gasteiger charge is -2.16. The molecule has 1 aromatic carbocycles. The van der Waals surface area contributed by atoms with Crippen LogP contribution in [0, 0.1) is 6.92 Å². The topological polar surface area (TPSA) is 153 Å². The van der Waals surface area contributed by atoms with Gasteiger partial charge in [0.15, 0.2) is 10.8 Å². The third-order valence-corrected chi connectivity index (χ3v) is 7.89. The number of hydrogen-bond acceptors (Lipinski definition) is 8. The van der Waals surface area contributed by atoms with Gasteiger partial charge in [-0.3, -0.25) is 14.6 Å². The van der Waals surface area contributed by atoms with Gasteiger partial charge < -0.3 is 5.32 Å². The summed E-state index contributed by atoms with van der Waals surface area (Å²) >= 11 is 0. The summed E-state index contributed by atoms with van der Waals surface area (Å²) in [6.07, 6.45) is 9.24. The molecule has 0 saturated carbocycles. The van der Waals surface area contributed by atoms with Crippen LogP contribution in [0.4, 0.5) is 10.5 Å². The normalized spacial score (nSPS) is 14.2. The highest BCUT2D eigenvalue weighted by Crippen LogP contribution is 2.38. The van der Waals surface area contributed by atoms with Gasteiger partial charge in [0.2, 0.25) is 5.91 Å². The second-order valence-corrected chi connectivity index (χ2v) is 10.9. The lowest BCUT2D eigenvalue weighted by Crippen LogP contribution is -2.35. The second kappa shape index (κ2) is 9.85. The number of anilines is 1. The first kappa shape index (κ1) is 24.8. The van der Waals surface area contributed by atoms with Gasteiger partial charge in [0.25, 0.3) is 10.0 Å². The highest BCUT2D eigenvalue weighted by Gasteiger charge is 2.27. The van der Waals surface area contributed by atoms with E-state index in [0.717, 1.165) is 66.1 Å². The fraction of sp³-hybridized carbons (Fsp3) is 0.360. The second-order valence-electron chi connectivity index (χ2n) is 9.25. The van der Waals surface area contributed by atoms with Crippen molar-refractivity contribution in [3.63, 3.8) is 0 Å². The third kappa shape index (κ3) is 5.15. The molecule has 0 bridgehead atoms. The van der Waals surface area contributed by atoms with E-state index < -0.39 is 27.0 Å². The van der Waals surface area contributed by atoms with Crippen molar-refractivity contribution in [3.05, 3.63) is 64.4 Å². The van der Waals surface area contributed by atoms with Crippen molar-refractivity contribution in [2.75, 3.05) is 5.32 Å². The zero-order valence-corrected chi connectivity index (χ0v) is 21.1. The smallest absolute Gasteiger partial charge is 0.307 e. The van der Waals surface area contributed by atoms with Crippen LogP contribution in [-0.2, 0) is 35.7 Å². The Balaban J connectivity index is 1.23. The van der Waals surface area contributed by atoms with Gasteiger partial charge in [-0.05, 0) is 73.8 Å². The number of carbonyl (C=O) groups excluding carboxylic acids is 3. The molecule has 0 unspecified atom stereocenters. The predicted molar refractivity (Wildman–Crippen MR) is 133 cm³/mol. The molecule has 11 nitrogen and oxygen atoms in total. The molecule has 0 fully saturated rings. The number of ketones is 1. The Morgan fingerprint density at radius 2 is 1.68 bits per heavy atom. The Kier molecular flexibility index (Phi) is 6.59. The number of aromatic nitrogens is 4. The third-order valence-electron chi connectivity index (χ3n) is 6.67. The molecular weight excluding hydrogens is 496 g/mol. The maximum atomic E-state index is 12.8. The van der Waals surface area contributed by atoms with Gasteiger partial charge in [-0.1, -0.05) is 6.07 Å². The van der Waals surface area contributed by atoms with Crippen molar-refractivity contribution in [2.45, 2.75) is 63.3 Å². The number of nitrogens with zero attached hydrogens (tertiary/aromatic N) is 4. The summed E-state index contributed by atoms with van der Waals surface area (Å²) in [5, 5.41) is 6.11. The lowest BCUT2D eigenvalue weighted by molar-refractivity contribution is 0.0849. The van der Waals surface area contributed by atoms with Crippen molar-refractivity contribution < 1.29 is 22.8 Å². The van der Waals surface area contributed by atoms with E-state index in [9.17, 15) is 22.8 Å². The summed E-state index contributed by atoms with van der Waals surface area (Å²) in [5.41, 5.74) is 6.11. The van der Waals surface area contributed by atoms with E-state index in [2.05, 4.69) is 26.4 Å². The van der Waals surface area contributed by atoms with E-state index >= 15 is 0 Å². The van der Waals surface area contributed by atoms with Crippen LogP contribution in [0.5, 0.6) is 0 Å². The molecule has 2 aromatic heterocycles. The zero-order chi connectivity index (χ0) is 26.2. The van der Waals surface area contributed by atoms with E-state index in [1.807, 2.05) is 4.72 Å². The summed E-state index contributed by atoms with van der Waals surface area (Å²) < 4.78 is 28.4. The summed E-state index contributed by atoms with van der Waals surface area (Å²) in [7, 11) is -4.33. The molecule has 12 heteroatoms. The van der Waals surface area contributed by atoms with Crippen LogP contribution in [-0.4, -0.2) is 45.9 Å². The van der Waals surface area contributed by atoms with Crippen LogP contribution in [0.3, 0.4) is 0 Å². The van der Waals surface area contributed by atoms with Crippen LogP contribution in [0.25, 0.3) is 0 Å². The van der Waals surface area contributed by atoms with Crippen molar-refractivity contribution in [2.24, 2.45) is 0 Å². The fourth-order valence-electron chi connectivity index (χ4n) is 4.87. The summed E-state index contributed by atoms with van der Waals surface area (Å²) in [5.74, 6) is -0.937. The summed E-state index contributed by atoms with van der Waals surface area (Å²) in [6.45, 7) is 1.74. The molecule has 0 aliphatic heterocycles. The number of carbonyl (C=O) groups is 3. The number of benzene rings is 1. The average Bonchev–Trinajstić information content (AvgIpc) is 3.63. The Morgan fingerprint density at radius 1 is 0.973 bits per heavy atom. The average molecular weight is 523 g/mol. The first-order chi connectivity index (χ1) is 17.7. The molecule has 3 aromatic rings. The molecule has 2 amide bonds. The lowest BCUT2D eigenvalue weighted by atomic mass is 9.99. The molecule has 0 atom stereocenters. The van der Waals surface area contributed by atoms with Gasteiger partial charge in [-0.2, -0.15) is 13.5 Å². The van der Waals surface area contributed by atoms with E-state index in [1.54, 1.807) is 6.92 Å². The molecule has 5 rings (SSSR count). The minimum absolute atomic E-state index is 0.134. The molecule has 2 aliphatic rings. The van der Waals surface area contributed by atoms with E-state index in [4.69, 9.17) is 0 Å². The van der Waals surface area contributed by atoms with E-state index in [0.29, 0.717) is 5.69 Å². The number of hydrogen-bond donors (Lipinski definition) is 2. The summed E-state index contributed by atoms with van der Waals surface area (Å²) in [4.78, 5) is 45.4. The molecule has 2 aliphatic carbocycles. The predicted octanol–water partition coefficient (Wildman–Crippen LogP) is 2.77. The number of sulfonamides is 1. The highest BCUT2D eigenvalue weighted by molar-refractivity contribution is 7.90. The van der Waals surface area contributed by atoms with E-state index in [-0.39, 0.29) is 24.3 Å². The Hall–Kier alpha value is -3.93. The van der Waals surface area contributed by atoms with Crippen LogP contribution in [0.15, 0.2) is 35.7 Å². The number of nitrogens with one attached hydrogen (secondary N) is 2. The van der Waals surface area contributed by atoms with Gasteiger partial charge in [-0.25, -0.2) is 19.2 Å². The first-order valence-electron chi connectivity index (χ1n) is 12.1. The number of Topliss-reactive ketones (excluding diaryl/α,β-unsaturated/α-hetero) is 1. The van der Waals surface area contributed by atoms with Gasteiger partial charge in [0, 0.05) is 30.9 Å². The minimum Gasteiger partial charge on any atom is -0.307 e. The standard InChI is InChI=1S/C25H26N6O5S/c1-15-13-27-20(14-26-15)21(32)8-9-23(33)31-11-10-22(29-31)37(35,36)30-25(34)28-24-18-6-2-4-16(18)12-17-5-3-7-19(17)24/h10-14H,2-9H2,1H3,(H2,28,30,34). The van der Waals surface area contributed by atoms with Gasteiger partial charge in [0.1, 0.15) is 5.69 Å². The molecule has 192 valence electrons. The van der Waals surface area contributed by atoms with Crippen molar-refractivity contribution in [1.29, 1.82) is 0 Å². The molecule has 0 spiro atoms.